The minimum Gasteiger partial charge on any atom is -0.465 e. The normalized spacial score (nSPS) is 14.1. The highest BCUT2D eigenvalue weighted by molar-refractivity contribution is 7.13. The van der Waals surface area contributed by atoms with Gasteiger partial charge >= 0.3 is 12.0 Å². The van der Waals surface area contributed by atoms with Crippen molar-refractivity contribution in [3.8, 4) is 0 Å². The number of carbonyl (C=O) groups is 2. The van der Waals surface area contributed by atoms with Crippen LogP contribution in [0.25, 0.3) is 0 Å². The highest BCUT2D eigenvalue weighted by Crippen LogP contribution is 2.40. The van der Waals surface area contributed by atoms with E-state index in [1.807, 2.05) is 5.38 Å². The van der Waals surface area contributed by atoms with Crippen molar-refractivity contribution in [2.75, 3.05) is 18.5 Å². The summed E-state index contributed by atoms with van der Waals surface area (Å²) in [6.45, 7) is 1.88. The van der Waals surface area contributed by atoms with Crippen molar-refractivity contribution in [2.45, 2.75) is 25.7 Å². The molecule has 2 rings (SSSR count). The predicted molar refractivity (Wildman–Crippen MR) is 67.7 cm³/mol. The predicted octanol–water partition coefficient (Wildman–Crippen LogP) is 1.71. The number of carbonyl (C=O) groups excluding carboxylic acids is 2. The molecule has 1 aliphatic rings. The number of amides is 2. The average Bonchev–Trinajstić information content (AvgIpc) is 3.09. The molecule has 1 aromatic rings. The third-order valence-electron chi connectivity index (χ3n) is 2.44. The summed E-state index contributed by atoms with van der Waals surface area (Å²) < 4.78 is 4.69. The third kappa shape index (κ3) is 3.69. The van der Waals surface area contributed by atoms with E-state index in [1.54, 1.807) is 6.92 Å². The maximum absolute atomic E-state index is 11.5. The zero-order chi connectivity index (χ0) is 13.0. The summed E-state index contributed by atoms with van der Waals surface area (Å²) in [5.74, 6) is 0.116. The number of urea groups is 1. The maximum atomic E-state index is 11.5. The first kappa shape index (κ1) is 12.8. The SMILES string of the molecule is CCOC(=O)CNC(=O)Nc1nc(C2CC2)cs1. The Hall–Kier alpha value is -1.63. The van der Waals surface area contributed by atoms with E-state index in [-0.39, 0.29) is 6.54 Å². The quantitative estimate of drug-likeness (QED) is 0.797. The minimum absolute atomic E-state index is 0.138. The summed E-state index contributed by atoms with van der Waals surface area (Å²) >= 11 is 1.39. The second-order valence-corrected chi connectivity index (χ2v) is 4.82. The molecule has 0 unspecified atom stereocenters. The fourth-order valence-electron chi connectivity index (χ4n) is 1.42. The first-order valence-electron chi connectivity index (χ1n) is 5.85. The van der Waals surface area contributed by atoms with Gasteiger partial charge in [-0.2, -0.15) is 0 Å². The van der Waals surface area contributed by atoms with Gasteiger partial charge in [0, 0.05) is 11.3 Å². The molecule has 0 radical (unpaired) electrons. The first-order chi connectivity index (χ1) is 8.69. The number of nitrogens with zero attached hydrogens (tertiary/aromatic N) is 1. The molecule has 1 aromatic heterocycles. The van der Waals surface area contributed by atoms with Crippen molar-refractivity contribution in [3.05, 3.63) is 11.1 Å². The van der Waals surface area contributed by atoms with Crippen LogP contribution in [-0.4, -0.2) is 30.1 Å². The molecule has 1 aliphatic carbocycles. The second-order valence-electron chi connectivity index (χ2n) is 3.96. The van der Waals surface area contributed by atoms with E-state index in [4.69, 9.17) is 4.74 Å². The smallest absolute Gasteiger partial charge is 0.325 e. The Balaban J connectivity index is 1.74. The number of hydrogen-bond donors (Lipinski definition) is 2. The Morgan fingerprint density at radius 1 is 1.56 bits per heavy atom. The van der Waals surface area contributed by atoms with Crippen molar-refractivity contribution in [2.24, 2.45) is 0 Å². The van der Waals surface area contributed by atoms with E-state index in [1.165, 1.54) is 24.2 Å². The Bertz CT molecular complexity index is 442. The lowest BCUT2D eigenvalue weighted by atomic mass is 10.3. The molecule has 0 atom stereocenters. The number of aromatic nitrogens is 1. The van der Waals surface area contributed by atoms with Crippen LogP contribution in [0.3, 0.4) is 0 Å². The summed E-state index contributed by atoms with van der Waals surface area (Å²) in [5, 5.41) is 7.51. The standard InChI is InChI=1S/C11H15N3O3S/c1-2-17-9(15)5-12-10(16)14-11-13-8(6-18-11)7-3-4-7/h6-7H,2-5H2,1H3,(H2,12,13,14,16). The van der Waals surface area contributed by atoms with Crippen LogP contribution in [-0.2, 0) is 9.53 Å². The molecule has 0 bridgehead atoms. The lowest BCUT2D eigenvalue weighted by Crippen LogP contribution is -2.34. The van der Waals surface area contributed by atoms with Gasteiger partial charge in [0.25, 0.3) is 0 Å². The molecular weight excluding hydrogens is 254 g/mol. The van der Waals surface area contributed by atoms with Gasteiger partial charge in [-0.3, -0.25) is 10.1 Å². The molecule has 2 amide bonds. The van der Waals surface area contributed by atoms with E-state index in [0.29, 0.717) is 17.7 Å². The number of hydrogen-bond acceptors (Lipinski definition) is 5. The molecule has 1 heterocycles. The largest absolute Gasteiger partial charge is 0.465 e. The van der Waals surface area contributed by atoms with Crippen LogP contribution < -0.4 is 10.6 Å². The molecule has 1 saturated carbocycles. The zero-order valence-corrected chi connectivity index (χ0v) is 10.9. The van der Waals surface area contributed by atoms with Crippen molar-refractivity contribution in [3.63, 3.8) is 0 Å². The minimum atomic E-state index is -0.453. The van der Waals surface area contributed by atoms with Crippen molar-refractivity contribution < 1.29 is 14.3 Å². The van der Waals surface area contributed by atoms with Gasteiger partial charge in [-0.25, -0.2) is 9.78 Å². The lowest BCUT2D eigenvalue weighted by molar-refractivity contribution is -0.141. The second kappa shape index (κ2) is 5.81. The van der Waals surface area contributed by atoms with Crippen LogP contribution in [0.15, 0.2) is 5.38 Å². The van der Waals surface area contributed by atoms with Gasteiger partial charge in [0.05, 0.1) is 12.3 Å². The molecular formula is C11H15N3O3S. The van der Waals surface area contributed by atoms with Gasteiger partial charge in [0.1, 0.15) is 6.54 Å². The van der Waals surface area contributed by atoms with Crippen molar-refractivity contribution >= 4 is 28.5 Å². The van der Waals surface area contributed by atoms with E-state index in [0.717, 1.165) is 5.69 Å². The number of ether oxygens (including phenoxy) is 1. The van der Waals surface area contributed by atoms with Gasteiger partial charge in [-0.15, -0.1) is 11.3 Å². The summed E-state index contributed by atoms with van der Waals surface area (Å²) in [5.41, 5.74) is 1.04. The highest BCUT2D eigenvalue weighted by atomic mass is 32.1. The highest BCUT2D eigenvalue weighted by Gasteiger charge is 2.26. The van der Waals surface area contributed by atoms with Crippen LogP contribution in [0.1, 0.15) is 31.4 Å². The van der Waals surface area contributed by atoms with E-state index in [9.17, 15) is 9.59 Å². The molecule has 0 aliphatic heterocycles. The average molecular weight is 269 g/mol. The molecule has 7 heteroatoms. The van der Waals surface area contributed by atoms with Gasteiger partial charge in [0.15, 0.2) is 5.13 Å². The maximum Gasteiger partial charge on any atom is 0.325 e. The van der Waals surface area contributed by atoms with Crippen LogP contribution in [0.5, 0.6) is 0 Å². The van der Waals surface area contributed by atoms with Crippen molar-refractivity contribution in [1.82, 2.24) is 10.3 Å². The Kier molecular flexibility index (Phi) is 4.14. The molecule has 1 fully saturated rings. The fourth-order valence-corrected chi connectivity index (χ4v) is 2.20. The Morgan fingerprint density at radius 3 is 3.00 bits per heavy atom. The summed E-state index contributed by atoms with van der Waals surface area (Å²) in [7, 11) is 0. The summed E-state index contributed by atoms with van der Waals surface area (Å²) in [4.78, 5) is 26.8. The van der Waals surface area contributed by atoms with Crippen LogP contribution >= 0.6 is 11.3 Å². The monoisotopic (exact) mass is 269 g/mol. The summed E-state index contributed by atoms with van der Waals surface area (Å²) in [6, 6.07) is -0.445. The molecule has 98 valence electrons. The molecule has 18 heavy (non-hydrogen) atoms. The molecule has 0 saturated heterocycles. The summed E-state index contributed by atoms with van der Waals surface area (Å²) in [6.07, 6.45) is 2.36. The number of anilines is 1. The molecule has 0 spiro atoms. The first-order valence-corrected chi connectivity index (χ1v) is 6.73. The zero-order valence-electron chi connectivity index (χ0n) is 10.1. The number of nitrogens with one attached hydrogen (secondary N) is 2. The third-order valence-corrected chi connectivity index (χ3v) is 3.21. The lowest BCUT2D eigenvalue weighted by Gasteiger charge is -2.04. The van der Waals surface area contributed by atoms with Gasteiger partial charge in [-0.05, 0) is 19.8 Å². The van der Waals surface area contributed by atoms with Crippen molar-refractivity contribution in [1.29, 1.82) is 0 Å². The van der Waals surface area contributed by atoms with Crippen LogP contribution in [0.4, 0.5) is 9.93 Å². The van der Waals surface area contributed by atoms with Crippen LogP contribution in [0.2, 0.25) is 0 Å². The topological polar surface area (TPSA) is 80.3 Å². The Labute approximate surface area is 109 Å². The van der Waals surface area contributed by atoms with E-state index in [2.05, 4.69) is 15.6 Å². The van der Waals surface area contributed by atoms with Gasteiger partial charge in [0.2, 0.25) is 0 Å². The van der Waals surface area contributed by atoms with Crippen LogP contribution in [0, 0.1) is 0 Å². The van der Waals surface area contributed by atoms with E-state index < -0.39 is 12.0 Å². The fraction of sp³-hybridized carbons (Fsp3) is 0.545. The Morgan fingerprint density at radius 2 is 2.33 bits per heavy atom. The van der Waals surface area contributed by atoms with Gasteiger partial charge in [-0.1, -0.05) is 0 Å². The molecule has 2 N–H and O–H groups in total. The van der Waals surface area contributed by atoms with Gasteiger partial charge < -0.3 is 10.1 Å². The number of rotatable bonds is 5. The number of thiazole rings is 1. The van der Waals surface area contributed by atoms with E-state index >= 15 is 0 Å². The number of esters is 1. The molecule has 0 aromatic carbocycles. The molecule has 6 nitrogen and oxygen atoms in total.